The molecule has 0 N–H and O–H groups in total. The molecule has 0 radical (unpaired) electrons. The van der Waals surface area contributed by atoms with Crippen LogP contribution in [0, 0.1) is 22.0 Å². The number of rotatable bonds is 2. The van der Waals surface area contributed by atoms with Crippen LogP contribution in [-0.4, -0.2) is 10.3 Å². The van der Waals surface area contributed by atoms with Crippen molar-refractivity contribution in [3.63, 3.8) is 0 Å². The fraction of sp³-hybridized carbons (Fsp3) is 0.200. The van der Waals surface area contributed by atoms with Gasteiger partial charge in [0.05, 0.1) is 4.92 Å². The van der Waals surface area contributed by atoms with Crippen LogP contribution in [0.2, 0.25) is 0 Å². The van der Waals surface area contributed by atoms with Gasteiger partial charge in [-0.05, 0) is 12.1 Å². The van der Waals surface area contributed by atoms with Crippen LogP contribution in [-0.2, 0) is 0 Å². The Balaban J connectivity index is 3.08. The highest BCUT2D eigenvalue weighted by atomic mass is 79.9. The van der Waals surface area contributed by atoms with Crippen LogP contribution in [0.1, 0.15) is 12.0 Å². The number of nitrogens with zero attached hydrogens (tertiary/aromatic N) is 1. The van der Waals surface area contributed by atoms with Gasteiger partial charge in [-0.2, -0.15) is 0 Å². The molecule has 0 atom stereocenters. The third-order valence-corrected chi connectivity index (χ3v) is 2.49. The zero-order valence-corrected chi connectivity index (χ0v) is 10.8. The first-order valence-electron chi connectivity index (χ1n) is 4.14. The average molecular weight is 333 g/mol. The first kappa shape index (κ1) is 12.2. The predicted octanol–water partition coefficient (Wildman–Crippen LogP) is 3.49. The van der Waals surface area contributed by atoms with E-state index in [2.05, 4.69) is 43.7 Å². The summed E-state index contributed by atoms with van der Waals surface area (Å²) >= 11 is 6.42. The van der Waals surface area contributed by atoms with Gasteiger partial charge in [-0.25, -0.2) is 0 Å². The Morgan fingerprint density at radius 2 is 2.20 bits per heavy atom. The van der Waals surface area contributed by atoms with E-state index in [9.17, 15) is 10.1 Å². The molecule has 78 valence electrons. The van der Waals surface area contributed by atoms with Gasteiger partial charge in [-0.3, -0.25) is 10.1 Å². The fourth-order valence-electron chi connectivity index (χ4n) is 0.967. The number of hydrogen-bond donors (Lipinski definition) is 0. The Morgan fingerprint density at radius 3 is 2.80 bits per heavy atom. The molecule has 1 rings (SSSR count). The van der Waals surface area contributed by atoms with E-state index < -0.39 is 4.92 Å². The summed E-state index contributed by atoms with van der Waals surface area (Å²) in [6, 6.07) is 4.84. The van der Waals surface area contributed by atoms with Gasteiger partial charge in [0.1, 0.15) is 5.56 Å². The van der Waals surface area contributed by atoms with Gasteiger partial charge in [0, 0.05) is 22.3 Å². The van der Waals surface area contributed by atoms with E-state index in [-0.39, 0.29) is 5.69 Å². The molecule has 0 unspecified atom stereocenters. The summed E-state index contributed by atoms with van der Waals surface area (Å²) in [5.74, 6) is 5.63. The molecule has 0 aromatic heterocycles. The van der Waals surface area contributed by atoms with Crippen molar-refractivity contribution < 1.29 is 4.92 Å². The topological polar surface area (TPSA) is 43.1 Å². The molecule has 0 aliphatic heterocycles. The maximum absolute atomic E-state index is 10.7. The Labute approximate surface area is 104 Å². The Morgan fingerprint density at radius 1 is 1.47 bits per heavy atom. The molecule has 0 spiro atoms. The van der Waals surface area contributed by atoms with Gasteiger partial charge in [-0.15, -0.1) is 0 Å². The van der Waals surface area contributed by atoms with Crippen LogP contribution >= 0.6 is 31.9 Å². The monoisotopic (exact) mass is 331 g/mol. The lowest BCUT2D eigenvalue weighted by Crippen LogP contribution is -1.91. The summed E-state index contributed by atoms with van der Waals surface area (Å²) in [5, 5.41) is 11.5. The summed E-state index contributed by atoms with van der Waals surface area (Å²) in [6.07, 6.45) is 0.674. The first-order valence-corrected chi connectivity index (χ1v) is 6.05. The maximum atomic E-state index is 10.7. The second kappa shape index (κ2) is 5.89. The Bertz CT molecular complexity index is 435. The lowest BCUT2D eigenvalue weighted by atomic mass is 10.2. The minimum Gasteiger partial charge on any atom is -0.258 e. The molecule has 0 amide bonds. The van der Waals surface area contributed by atoms with Crippen molar-refractivity contribution in [3.05, 3.63) is 38.3 Å². The normalized spacial score (nSPS) is 9.20. The standard InChI is InChI=1S/C10H7Br2NO2/c11-6-2-1-3-8-4-5-9(12)7-10(8)13(14)15/h4-5,7H,2,6H2. The highest BCUT2D eigenvalue weighted by Gasteiger charge is 2.11. The smallest absolute Gasteiger partial charge is 0.258 e. The third kappa shape index (κ3) is 3.65. The van der Waals surface area contributed by atoms with Gasteiger partial charge >= 0.3 is 0 Å². The molecule has 1 aromatic carbocycles. The van der Waals surface area contributed by atoms with E-state index in [0.29, 0.717) is 16.5 Å². The van der Waals surface area contributed by atoms with Crippen molar-refractivity contribution in [2.75, 3.05) is 5.33 Å². The fourth-order valence-corrected chi connectivity index (χ4v) is 1.51. The van der Waals surface area contributed by atoms with Crippen LogP contribution in [0.5, 0.6) is 0 Å². The maximum Gasteiger partial charge on any atom is 0.286 e. The van der Waals surface area contributed by atoms with Gasteiger partial charge in [0.2, 0.25) is 0 Å². The lowest BCUT2D eigenvalue weighted by molar-refractivity contribution is -0.385. The number of nitro groups is 1. The van der Waals surface area contributed by atoms with Gasteiger partial charge in [0.15, 0.2) is 0 Å². The molecular formula is C10H7Br2NO2. The minimum atomic E-state index is -0.428. The van der Waals surface area contributed by atoms with E-state index in [1.54, 1.807) is 12.1 Å². The average Bonchev–Trinajstić information content (AvgIpc) is 2.20. The second-order valence-corrected chi connectivity index (χ2v) is 4.37. The molecule has 0 heterocycles. The van der Waals surface area contributed by atoms with Crippen molar-refractivity contribution in [1.82, 2.24) is 0 Å². The van der Waals surface area contributed by atoms with Crippen LogP contribution in [0.4, 0.5) is 5.69 Å². The number of alkyl halides is 1. The predicted molar refractivity (Wildman–Crippen MR) is 66.1 cm³/mol. The molecule has 0 aliphatic carbocycles. The molecule has 0 aliphatic rings. The molecule has 15 heavy (non-hydrogen) atoms. The Kier molecular flexibility index (Phi) is 4.79. The molecule has 3 nitrogen and oxygen atoms in total. The third-order valence-electron chi connectivity index (χ3n) is 1.60. The van der Waals surface area contributed by atoms with Crippen molar-refractivity contribution in [2.45, 2.75) is 6.42 Å². The molecule has 0 saturated heterocycles. The number of halogens is 2. The first-order chi connectivity index (χ1) is 7.15. The van der Waals surface area contributed by atoms with Crippen LogP contribution in [0.3, 0.4) is 0 Å². The summed E-state index contributed by atoms with van der Waals surface area (Å²) < 4.78 is 0.681. The van der Waals surface area contributed by atoms with E-state index in [0.717, 1.165) is 5.33 Å². The van der Waals surface area contributed by atoms with Crippen molar-refractivity contribution in [1.29, 1.82) is 0 Å². The molecule has 0 fully saturated rings. The second-order valence-electron chi connectivity index (χ2n) is 2.66. The van der Waals surface area contributed by atoms with Crippen molar-refractivity contribution in [3.8, 4) is 11.8 Å². The minimum absolute atomic E-state index is 0.0337. The molecule has 5 heteroatoms. The number of nitro benzene ring substituents is 1. The van der Waals surface area contributed by atoms with Gasteiger partial charge in [-0.1, -0.05) is 43.7 Å². The highest BCUT2D eigenvalue weighted by Crippen LogP contribution is 2.22. The highest BCUT2D eigenvalue weighted by molar-refractivity contribution is 9.10. The van der Waals surface area contributed by atoms with Crippen LogP contribution in [0.15, 0.2) is 22.7 Å². The van der Waals surface area contributed by atoms with Gasteiger partial charge < -0.3 is 0 Å². The summed E-state index contributed by atoms with van der Waals surface area (Å²) in [6.45, 7) is 0. The zero-order chi connectivity index (χ0) is 11.3. The van der Waals surface area contributed by atoms with Crippen LogP contribution in [0.25, 0.3) is 0 Å². The van der Waals surface area contributed by atoms with Gasteiger partial charge in [0.25, 0.3) is 5.69 Å². The van der Waals surface area contributed by atoms with E-state index in [1.807, 2.05) is 0 Å². The summed E-state index contributed by atoms with van der Waals surface area (Å²) in [7, 11) is 0. The van der Waals surface area contributed by atoms with E-state index in [4.69, 9.17) is 0 Å². The number of benzene rings is 1. The van der Waals surface area contributed by atoms with Crippen molar-refractivity contribution in [2.24, 2.45) is 0 Å². The summed E-state index contributed by atoms with van der Waals surface area (Å²) in [4.78, 5) is 10.3. The Hall–Kier alpha value is -0.860. The number of hydrogen-bond acceptors (Lipinski definition) is 2. The molecular weight excluding hydrogens is 326 g/mol. The molecule has 0 saturated carbocycles. The van der Waals surface area contributed by atoms with E-state index >= 15 is 0 Å². The SMILES string of the molecule is O=[N+]([O-])c1cc(Br)ccc1C#CCCBr. The molecule has 1 aromatic rings. The lowest BCUT2D eigenvalue weighted by Gasteiger charge is -1.95. The molecule has 0 bridgehead atoms. The zero-order valence-electron chi connectivity index (χ0n) is 7.67. The van der Waals surface area contributed by atoms with Crippen molar-refractivity contribution >= 4 is 37.5 Å². The summed E-state index contributed by atoms with van der Waals surface area (Å²) in [5.41, 5.74) is 0.482. The largest absolute Gasteiger partial charge is 0.286 e. The van der Waals surface area contributed by atoms with Crippen LogP contribution < -0.4 is 0 Å². The van der Waals surface area contributed by atoms with E-state index in [1.165, 1.54) is 6.07 Å². The quantitative estimate of drug-likeness (QED) is 0.360.